The summed E-state index contributed by atoms with van der Waals surface area (Å²) in [7, 11) is 1.52. The second kappa shape index (κ2) is 7.82. The van der Waals surface area contributed by atoms with Gasteiger partial charge in [0.25, 0.3) is 5.91 Å². The van der Waals surface area contributed by atoms with Gasteiger partial charge in [0.05, 0.1) is 5.69 Å². The molecule has 0 unspecified atom stereocenters. The lowest BCUT2D eigenvalue weighted by Crippen LogP contribution is -2.37. The molecule has 1 N–H and O–H groups in total. The number of anilines is 1. The summed E-state index contributed by atoms with van der Waals surface area (Å²) in [4.78, 5) is 18.3. The highest BCUT2D eigenvalue weighted by atomic mass is 32.2. The number of nitriles is 1. The van der Waals surface area contributed by atoms with E-state index >= 15 is 0 Å². The Bertz CT molecular complexity index is 624. The highest BCUT2D eigenvalue weighted by Crippen LogP contribution is 2.31. The van der Waals surface area contributed by atoms with Crippen molar-refractivity contribution >= 4 is 34.2 Å². The molecule has 22 heavy (non-hydrogen) atoms. The second-order valence-electron chi connectivity index (χ2n) is 4.75. The van der Waals surface area contributed by atoms with Gasteiger partial charge >= 0.3 is 0 Å². The van der Waals surface area contributed by atoms with Crippen molar-refractivity contribution in [1.82, 2.24) is 5.32 Å². The number of methoxy groups -OCH3 is 1. The third-order valence-corrected chi connectivity index (χ3v) is 3.92. The number of fused-ring (bicyclic) bond motifs is 1. The summed E-state index contributed by atoms with van der Waals surface area (Å²) >= 11 is 1.36. The van der Waals surface area contributed by atoms with Gasteiger partial charge in [-0.15, -0.1) is 0 Å². The molecule has 1 aromatic carbocycles. The van der Waals surface area contributed by atoms with Crippen LogP contribution in [0.1, 0.15) is 12.0 Å². The number of amidine groups is 1. The van der Waals surface area contributed by atoms with Crippen LogP contribution in [0.5, 0.6) is 0 Å². The lowest BCUT2D eigenvalue weighted by molar-refractivity contribution is -0.122. The molecule has 1 aliphatic heterocycles. The van der Waals surface area contributed by atoms with Gasteiger partial charge in [0.2, 0.25) is 0 Å². The van der Waals surface area contributed by atoms with E-state index in [4.69, 9.17) is 10.00 Å². The minimum absolute atomic E-state index is 0.0511. The van der Waals surface area contributed by atoms with Gasteiger partial charge in [0.1, 0.15) is 6.61 Å². The Kier molecular flexibility index (Phi) is 5.81. The van der Waals surface area contributed by atoms with Gasteiger partial charge < -0.3 is 9.64 Å². The zero-order chi connectivity index (χ0) is 15.9. The fraction of sp³-hybridized carbons (Fsp3) is 0.400. The average Bonchev–Trinajstić information content (AvgIpc) is 2.54. The lowest BCUT2D eigenvalue weighted by atomic mass is 10.0. The van der Waals surface area contributed by atoms with Crippen LogP contribution in [0, 0.1) is 11.5 Å². The van der Waals surface area contributed by atoms with Crippen molar-refractivity contribution in [3.8, 4) is 6.19 Å². The van der Waals surface area contributed by atoms with Crippen molar-refractivity contribution in [2.24, 2.45) is 4.99 Å². The van der Waals surface area contributed by atoms with E-state index in [2.05, 4.69) is 10.3 Å². The summed E-state index contributed by atoms with van der Waals surface area (Å²) in [6.07, 6.45) is 5.59. The Morgan fingerprint density at radius 3 is 3.09 bits per heavy atom. The predicted octanol–water partition coefficient (Wildman–Crippen LogP) is 2.03. The Hall–Kier alpha value is -2.04. The highest BCUT2D eigenvalue weighted by Gasteiger charge is 2.22. The summed E-state index contributed by atoms with van der Waals surface area (Å²) in [5, 5.41) is 11.7. The molecule has 0 saturated carbocycles. The van der Waals surface area contributed by atoms with Gasteiger partial charge in [-0.05, 0) is 36.8 Å². The molecule has 0 aromatic heterocycles. The zero-order valence-corrected chi connectivity index (χ0v) is 13.4. The van der Waals surface area contributed by atoms with Crippen LogP contribution in [0.25, 0.3) is 0 Å². The topological polar surface area (TPSA) is 77.7 Å². The molecule has 0 bridgehead atoms. The van der Waals surface area contributed by atoms with E-state index in [-0.39, 0.29) is 12.5 Å². The van der Waals surface area contributed by atoms with Crippen LogP contribution in [0.2, 0.25) is 0 Å². The van der Waals surface area contributed by atoms with Crippen molar-refractivity contribution in [2.75, 3.05) is 31.4 Å². The number of aliphatic imine (C=N–C) groups is 1. The molecule has 6 nitrogen and oxygen atoms in total. The molecule has 116 valence electrons. The SMILES string of the molecule is COCC(=O)N1CCCc2ccc(N=C(NC#N)SC)cc21. The number of hydrogen-bond donors (Lipinski definition) is 1. The fourth-order valence-corrected chi connectivity index (χ4v) is 2.73. The van der Waals surface area contributed by atoms with Gasteiger partial charge in [-0.2, -0.15) is 5.26 Å². The largest absolute Gasteiger partial charge is 0.375 e. The molecule has 1 amide bonds. The second-order valence-corrected chi connectivity index (χ2v) is 5.55. The van der Waals surface area contributed by atoms with E-state index in [0.717, 1.165) is 24.1 Å². The number of aryl methyl sites for hydroxylation is 1. The molecule has 0 fully saturated rings. The molecule has 0 saturated heterocycles. The number of hydrogen-bond acceptors (Lipinski definition) is 5. The molecule has 7 heteroatoms. The molecule has 0 aliphatic carbocycles. The molecule has 1 aromatic rings. The molecular weight excluding hydrogens is 300 g/mol. The predicted molar refractivity (Wildman–Crippen MR) is 88.4 cm³/mol. The number of carbonyl (C=O) groups excluding carboxylic acids is 1. The van der Waals surface area contributed by atoms with E-state index in [1.807, 2.05) is 30.6 Å². The lowest BCUT2D eigenvalue weighted by Gasteiger charge is -2.29. The number of thioether (sulfide) groups is 1. The molecule has 0 atom stereocenters. The van der Waals surface area contributed by atoms with Gasteiger partial charge in [-0.25, -0.2) is 4.99 Å². The number of nitrogens with zero attached hydrogens (tertiary/aromatic N) is 3. The third-order valence-electron chi connectivity index (χ3n) is 3.34. The van der Waals surface area contributed by atoms with Crippen LogP contribution >= 0.6 is 11.8 Å². The smallest absolute Gasteiger partial charge is 0.252 e. The minimum Gasteiger partial charge on any atom is -0.375 e. The van der Waals surface area contributed by atoms with Crippen molar-refractivity contribution < 1.29 is 9.53 Å². The molecule has 2 rings (SSSR count). The van der Waals surface area contributed by atoms with Crippen molar-refractivity contribution in [2.45, 2.75) is 12.8 Å². The first-order valence-electron chi connectivity index (χ1n) is 6.89. The first-order valence-corrected chi connectivity index (χ1v) is 8.12. The van der Waals surface area contributed by atoms with Gasteiger partial charge in [0, 0.05) is 19.3 Å². The number of amides is 1. The summed E-state index contributed by atoms with van der Waals surface area (Å²) in [6, 6.07) is 5.78. The van der Waals surface area contributed by atoms with E-state index < -0.39 is 0 Å². The van der Waals surface area contributed by atoms with E-state index in [9.17, 15) is 4.79 Å². The van der Waals surface area contributed by atoms with E-state index in [0.29, 0.717) is 17.4 Å². The molecule has 1 aliphatic rings. The number of rotatable bonds is 3. The monoisotopic (exact) mass is 318 g/mol. The van der Waals surface area contributed by atoms with Crippen LogP contribution in [-0.4, -0.2) is 37.6 Å². The molecular formula is C15H18N4O2S. The van der Waals surface area contributed by atoms with Crippen LogP contribution in [0.3, 0.4) is 0 Å². The standard InChI is InChI=1S/C15H18N4O2S/c1-21-9-14(20)19-7-3-4-11-5-6-12(8-13(11)19)18-15(22-2)17-10-16/h5-6,8H,3-4,7,9H2,1-2H3,(H,17,18). The first kappa shape index (κ1) is 16.3. The normalized spacial score (nSPS) is 14.2. The molecule has 1 heterocycles. The van der Waals surface area contributed by atoms with Gasteiger partial charge in [-0.1, -0.05) is 17.8 Å². The quantitative estimate of drug-likeness (QED) is 0.399. The number of nitrogens with one attached hydrogen (secondary N) is 1. The fourth-order valence-electron chi connectivity index (χ4n) is 2.38. The van der Waals surface area contributed by atoms with Gasteiger partial charge in [-0.3, -0.25) is 10.1 Å². The van der Waals surface area contributed by atoms with Crippen LogP contribution < -0.4 is 10.2 Å². The minimum atomic E-state index is -0.0511. The van der Waals surface area contributed by atoms with Crippen molar-refractivity contribution in [3.63, 3.8) is 0 Å². The van der Waals surface area contributed by atoms with E-state index in [1.165, 1.54) is 18.9 Å². The molecule has 0 spiro atoms. The Morgan fingerprint density at radius 2 is 2.41 bits per heavy atom. The summed E-state index contributed by atoms with van der Waals surface area (Å²) in [6.45, 7) is 0.757. The first-order chi connectivity index (χ1) is 10.7. The Labute approximate surface area is 134 Å². The molecule has 0 radical (unpaired) electrons. The average molecular weight is 318 g/mol. The summed E-state index contributed by atoms with van der Waals surface area (Å²) in [5.74, 6) is -0.0511. The van der Waals surface area contributed by atoms with E-state index in [1.54, 1.807) is 4.90 Å². The van der Waals surface area contributed by atoms with Crippen LogP contribution in [-0.2, 0) is 16.0 Å². The summed E-state index contributed by atoms with van der Waals surface area (Å²) < 4.78 is 4.95. The van der Waals surface area contributed by atoms with Crippen LogP contribution in [0.4, 0.5) is 11.4 Å². The zero-order valence-electron chi connectivity index (χ0n) is 12.6. The maximum absolute atomic E-state index is 12.2. The number of benzene rings is 1. The number of carbonyl (C=O) groups is 1. The number of ether oxygens (including phenoxy) is 1. The maximum Gasteiger partial charge on any atom is 0.252 e. The van der Waals surface area contributed by atoms with Gasteiger partial charge in [0.15, 0.2) is 11.4 Å². The van der Waals surface area contributed by atoms with Crippen molar-refractivity contribution in [1.29, 1.82) is 5.26 Å². The maximum atomic E-state index is 12.2. The Morgan fingerprint density at radius 1 is 1.59 bits per heavy atom. The third kappa shape index (κ3) is 3.78. The Balaban J connectivity index is 2.33. The highest BCUT2D eigenvalue weighted by molar-refractivity contribution is 8.13. The summed E-state index contributed by atoms with van der Waals surface area (Å²) in [5.41, 5.74) is 2.73. The van der Waals surface area contributed by atoms with Crippen LogP contribution in [0.15, 0.2) is 23.2 Å². The van der Waals surface area contributed by atoms with Crippen molar-refractivity contribution in [3.05, 3.63) is 23.8 Å².